The standard InChI is InChI=1S/C15H32OSi/c1-2-3-4-5-6-7-8-9-12-15(17)13-10-11-14-16/h14-15H,2-13H2,1,17H3. The van der Waals surface area contributed by atoms with E-state index >= 15 is 0 Å². The Kier molecular flexibility index (Phi) is 13.9. The summed E-state index contributed by atoms with van der Waals surface area (Å²) < 4.78 is 0. The van der Waals surface area contributed by atoms with Crippen LogP contribution < -0.4 is 0 Å². The molecule has 0 spiro atoms. The Morgan fingerprint density at radius 1 is 0.882 bits per heavy atom. The minimum absolute atomic E-state index is 0.774. The molecule has 0 bridgehead atoms. The number of aldehydes is 1. The molecule has 102 valence electrons. The normalized spacial score (nSPS) is 12.8. The second-order valence-corrected chi connectivity index (χ2v) is 7.10. The lowest BCUT2D eigenvalue weighted by Crippen LogP contribution is -1.93. The highest BCUT2D eigenvalue weighted by Crippen LogP contribution is 2.19. The SMILES string of the molecule is CCCCCCCCCCC([SiH3])CCCC=O. The molecule has 1 atom stereocenters. The molecule has 2 heteroatoms. The summed E-state index contributed by atoms with van der Waals surface area (Å²) in [5.74, 6) is 0. The van der Waals surface area contributed by atoms with Crippen LogP contribution in [0.1, 0.15) is 84.0 Å². The monoisotopic (exact) mass is 256 g/mol. The molecule has 0 aromatic carbocycles. The van der Waals surface area contributed by atoms with Crippen LogP contribution in [0.2, 0.25) is 5.54 Å². The molecule has 0 heterocycles. The Bertz CT molecular complexity index is 159. The van der Waals surface area contributed by atoms with E-state index in [1.165, 1.54) is 74.5 Å². The fourth-order valence-corrected chi connectivity index (χ4v) is 3.14. The molecule has 0 aromatic rings. The topological polar surface area (TPSA) is 17.1 Å². The van der Waals surface area contributed by atoms with Gasteiger partial charge in [0.05, 0.1) is 0 Å². The fraction of sp³-hybridized carbons (Fsp3) is 0.933. The van der Waals surface area contributed by atoms with Crippen molar-refractivity contribution in [3.05, 3.63) is 0 Å². The maximum absolute atomic E-state index is 10.2. The third kappa shape index (κ3) is 13.8. The molecule has 17 heavy (non-hydrogen) atoms. The summed E-state index contributed by atoms with van der Waals surface area (Å²) in [6, 6.07) is 0. The summed E-state index contributed by atoms with van der Waals surface area (Å²) >= 11 is 0. The van der Waals surface area contributed by atoms with Gasteiger partial charge >= 0.3 is 0 Å². The first-order valence-electron chi connectivity index (χ1n) is 7.74. The maximum Gasteiger partial charge on any atom is 0.119 e. The number of rotatable bonds is 13. The van der Waals surface area contributed by atoms with E-state index in [0.29, 0.717) is 0 Å². The highest BCUT2D eigenvalue weighted by atomic mass is 28.1. The minimum Gasteiger partial charge on any atom is -0.303 e. The van der Waals surface area contributed by atoms with Crippen molar-refractivity contribution in [2.45, 2.75) is 89.5 Å². The number of hydrogen-bond acceptors (Lipinski definition) is 1. The van der Waals surface area contributed by atoms with Gasteiger partial charge in [-0.3, -0.25) is 0 Å². The third-order valence-electron chi connectivity index (χ3n) is 3.57. The summed E-state index contributed by atoms with van der Waals surface area (Å²) in [7, 11) is 1.31. The molecule has 0 aliphatic heterocycles. The van der Waals surface area contributed by atoms with E-state index in [9.17, 15) is 4.79 Å². The maximum atomic E-state index is 10.2. The van der Waals surface area contributed by atoms with Crippen molar-refractivity contribution in [1.82, 2.24) is 0 Å². The molecular weight excluding hydrogens is 224 g/mol. The predicted molar refractivity (Wildman–Crippen MR) is 80.8 cm³/mol. The van der Waals surface area contributed by atoms with Crippen molar-refractivity contribution in [3.63, 3.8) is 0 Å². The van der Waals surface area contributed by atoms with Crippen molar-refractivity contribution in [2.75, 3.05) is 0 Å². The van der Waals surface area contributed by atoms with E-state index in [-0.39, 0.29) is 0 Å². The average Bonchev–Trinajstić information content (AvgIpc) is 2.33. The van der Waals surface area contributed by atoms with Crippen LogP contribution in [-0.2, 0) is 4.79 Å². The summed E-state index contributed by atoms with van der Waals surface area (Å²) in [4.78, 5) is 10.2. The highest BCUT2D eigenvalue weighted by molar-refractivity contribution is 6.11. The summed E-state index contributed by atoms with van der Waals surface area (Å²) in [5, 5.41) is 0. The first-order chi connectivity index (χ1) is 8.31. The van der Waals surface area contributed by atoms with Crippen LogP contribution >= 0.6 is 0 Å². The molecule has 0 radical (unpaired) electrons. The van der Waals surface area contributed by atoms with Gasteiger partial charge in [-0.15, -0.1) is 0 Å². The van der Waals surface area contributed by atoms with Gasteiger partial charge in [-0.25, -0.2) is 0 Å². The molecule has 0 rings (SSSR count). The number of carbonyl (C=O) groups is 1. The van der Waals surface area contributed by atoms with Gasteiger partial charge in [0.15, 0.2) is 0 Å². The molecule has 0 amide bonds. The van der Waals surface area contributed by atoms with Crippen LogP contribution in [0.4, 0.5) is 0 Å². The molecule has 0 aliphatic carbocycles. The molecule has 0 saturated heterocycles. The van der Waals surface area contributed by atoms with Gasteiger partial charge in [0.25, 0.3) is 0 Å². The van der Waals surface area contributed by atoms with Gasteiger partial charge in [-0.05, 0) is 6.42 Å². The van der Waals surface area contributed by atoms with Gasteiger partial charge in [-0.1, -0.05) is 76.7 Å². The van der Waals surface area contributed by atoms with Crippen LogP contribution in [0.15, 0.2) is 0 Å². The Hall–Kier alpha value is -0.113. The highest BCUT2D eigenvalue weighted by Gasteiger charge is 2.01. The van der Waals surface area contributed by atoms with Gasteiger partial charge < -0.3 is 4.79 Å². The zero-order valence-corrected chi connectivity index (χ0v) is 14.0. The van der Waals surface area contributed by atoms with Crippen LogP contribution in [0, 0.1) is 0 Å². The van der Waals surface area contributed by atoms with Crippen LogP contribution in [0.5, 0.6) is 0 Å². The minimum atomic E-state index is 0.774. The fourth-order valence-electron chi connectivity index (χ4n) is 2.32. The molecule has 0 saturated carbocycles. The Morgan fingerprint density at radius 2 is 1.41 bits per heavy atom. The summed E-state index contributed by atoms with van der Waals surface area (Å²) in [5.41, 5.74) is 0.954. The second kappa shape index (κ2) is 13.9. The lowest BCUT2D eigenvalue weighted by atomic mass is 10.0. The van der Waals surface area contributed by atoms with Crippen LogP contribution in [-0.4, -0.2) is 16.5 Å². The van der Waals surface area contributed by atoms with E-state index in [1.54, 1.807) is 0 Å². The number of unbranched alkanes of at least 4 members (excludes halogenated alkanes) is 8. The zero-order chi connectivity index (χ0) is 12.8. The second-order valence-electron chi connectivity index (χ2n) is 5.47. The van der Waals surface area contributed by atoms with Crippen molar-refractivity contribution < 1.29 is 4.79 Å². The van der Waals surface area contributed by atoms with E-state index < -0.39 is 0 Å². The Morgan fingerprint density at radius 3 is 2.00 bits per heavy atom. The van der Waals surface area contributed by atoms with Gasteiger partial charge in [0.1, 0.15) is 6.29 Å². The van der Waals surface area contributed by atoms with Crippen molar-refractivity contribution in [3.8, 4) is 0 Å². The van der Waals surface area contributed by atoms with Crippen molar-refractivity contribution in [2.24, 2.45) is 0 Å². The molecule has 0 N–H and O–H groups in total. The van der Waals surface area contributed by atoms with E-state index in [1.807, 2.05) is 0 Å². The van der Waals surface area contributed by atoms with Crippen molar-refractivity contribution >= 4 is 16.5 Å². The molecule has 1 unspecified atom stereocenters. The van der Waals surface area contributed by atoms with E-state index in [0.717, 1.165) is 24.7 Å². The predicted octanol–water partition coefficient (Wildman–Crippen LogP) is 4.04. The molecule has 0 aromatic heterocycles. The first-order valence-corrected chi connectivity index (χ1v) is 8.90. The first kappa shape index (κ1) is 16.9. The van der Waals surface area contributed by atoms with Crippen LogP contribution in [0.25, 0.3) is 0 Å². The van der Waals surface area contributed by atoms with E-state index in [2.05, 4.69) is 6.92 Å². The largest absolute Gasteiger partial charge is 0.303 e. The Labute approximate surface area is 111 Å². The summed E-state index contributed by atoms with van der Waals surface area (Å²) in [6.07, 6.45) is 17.0. The van der Waals surface area contributed by atoms with Gasteiger partial charge in [-0.2, -0.15) is 0 Å². The van der Waals surface area contributed by atoms with Gasteiger partial charge in [0, 0.05) is 16.7 Å². The number of carbonyl (C=O) groups excluding carboxylic acids is 1. The number of hydrogen-bond donors (Lipinski definition) is 0. The lowest BCUT2D eigenvalue weighted by Gasteiger charge is -2.09. The average molecular weight is 257 g/mol. The van der Waals surface area contributed by atoms with Crippen LogP contribution in [0.3, 0.4) is 0 Å². The quantitative estimate of drug-likeness (QED) is 0.276. The van der Waals surface area contributed by atoms with E-state index in [4.69, 9.17) is 0 Å². The van der Waals surface area contributed by atoms with Gasteiger partial charge in [0.2, 0.25) is 0 Å². The molecule has 0 fully saturated rings. The molecular formula is C15H32OSi. The van der Waals surface area contributed by atoms with Crippen molar-refractivity contribution in [1.29, 1.82) is 0 Å². The molecule has 0 aliphatic rings. The molecule has 1 nitrogen and oxygen atoms in total. The third-order valence-corrected chi connectivity index (χ3v) is 4.72. The lowest BCUT2D eigenvalue weighted by molar-refractivity contribution is -0.107. The zero-order valence-electron chi connectivity index (χ0n) is 12.0. The summed E-state index contributed by atoms with van der Waals surface area (Å²) in [6.45, 7) is 2.27. The Balaban J connectivity index is 3.08. The smallest absolute Gasteiger partial charge is 0.119 e.